The van der Waals surface area contributed by atoms with Crippen LogP contribution in [0.2, 0.25) is 0 Å². The smallest absolute Gasteiger partial charge is 0.225 e. The highest BCUT2D eigenvalue weighted by Gasteiger charge is 2.25. The molecule has 0 radical (unpaired) electrons. The maximum Gasteiger partial charge on any atom is 0.225 e. The molecule has 2 N–H and O–H groups in total. The average Bonchev–Trinajstić information content (AvgIpc) is 2.42. The maximum atomic E-state index is 14.1. The summed E-state index contributed by atoms with van der Waals surface area (Å²) >= 11 is 0. The SMILES string of the molecule is N=c1c2nccn(O)c-2nc(F)c1-c1c(F)cc(F)cc1F. The summed E-state index contributed by atoms with van der Waals surface area (Å²) in [7, 11) is 0. The van der Waals surface area contributed by atoms with E-state index in [1.54, 1.807) is 0 Å². The van der Waals surface area contributed by atoms with E-state index in [9.17, 15) is 22.8 Å². The Morgan fingerprint density at radius 3 is 2.32 bits per heavy atom. The lowest BCUT2D eigenvalue weighted by atomic mass is 10.0. The summed E-state index contributed by atoms with van der Waals surface area (Å²) in [6, 6.07) is 0.734. The molecule has 2 heterocycles. The molecule has 0 saturated heterocycles. The van der Waals surface area contributed by atoms with Gasteiger partial charge in [-0.3, -0.25) is 5.41 Å². The lowest BCUT2D eigenvalue weighted by Gasteiger charge is -2.12. The molecule has 0 aliphatic carbocycles. The third kappa shape index (κ3) is 1.98. The van der Waals surface area contributed by atoms with Crippen LogP contribution >= 0.6 is 0 Å². The number of fused-ring (bicyclic) bond motifs is 1. The van der Waals surface area contributed by atoms with Gasteiger partial charge >= 0.3 is 0 Å². The van der Waals surface area contributed by atoms with Crippen LogP contribution in [0.15, 0.2) is 24.5 Å². The summed E-state index contributed by atoms with van der Waals surface area (Å²) in [5.41, 5.74) is -2.00. The van der Waals surface area contributed by atoms with Gasteiger partial charge in [-0.1, -0.05) is 0 Å². The number of hydrogen-bond acceptors (Lipinski definition) is 4. The third-order valence-electron chi connectivity index (χ3n) is 2.99. The Morgan fingerprint density at radius 2 is 1.68 bits per heavy atom. The Hall–Kier alpha value is -2.97. The Labute approximate surface area is 119 Å². The van der Waals surface area contributed by atoms with Gasteiger partial charge in [0.2, 0.25) is 5.95 Å². The van der Waals surface area contributed by atoms with Gasteiger partial charge in [-0.15, -0.1) is 0 Å². The highest BCUT2D eigenvalue weighted by molar-refractivity contribution is 5.69. The molecule has 0 saturated carbocycles. The topological polar surface area (TPSA) is 74.8 Å². The summed E-state index contributed by atoms with van der Waals surface area (Å²) in [4.78, 5) is 7.08. The average molecular weight is 310 g/mol. The van der Waals surface area contributed by atoms with Crippen LogP contribution in [0.5, 0.6) is 0 Å². The first-order chi connectivity index (χ1) is 10.4. The zero-order valence-corrected chi connectivity index (χ0v) is 10.6. The van der Waals surface area contributed by atoms with Gasteiger partial charge in [-0.05, 0) is 0 Å². The van der Waals surface area contributed by atoms with Crippen molar-refractivity contribution in [3.8, 4) is 22.6 Å². The van der Waals surface area contributed by atoms with Crippen molar-refractivity contribution in [3.63, 3.8) is 0 Å². The molecule has 0 bridgehead atoms. The predicted octanol–water partition coefficient (Wildman–Crippen LogP) is 2.32. The first-order valence-electron chi connectivity index (χ1n) is 5.85. The molecule has 112 valence electrons. The second kappa shape index (κ2) is 4.79. The van der Waals surface area contributed by atoms with Crippen molar-refractivity contribution >= 4 is 0 Å². The number of aromatic nitrogens is 3. The first-order valence-corrected chi connectivity index (χ1v) is 5.85. The van der Waals surface area contributed by atoms with E-state index < -0.39 is 45.7 Å². The molecule has 0 aromatic heterocycles. The van der Waals surface area contributed by atoms with Gasteiger partial charge < -0.3 is 5.21 Å². The standard InChI is InChI=1S/C13H6F4N4O/c14-5-3-6(15)8(7(16)4-5)9-10(18)11-13(20-12(9)17)21(22)2-1-19-11/h1-4,18,22H. The molecule has 3 rings (SSSR count). The van der Waals surface area contributed by atoms with E-state index in [0.29, 0.717) is 16.9 Å². The Balaban J connectivity index is 2.44. The minimum atomic E-state index is -1.39. The van der Waals surface area contributed by atoms with Crippen LogP contribution in [0.1, 0.15) is 0 Å². The van der Waals surface area contributed by atoms with Crippen LogP contribution in [-0.4, -0.2) is 19.9 Å². The number of benzene rings is 1. The van der Waals surface area contributed by atoms with Gasteiger partial charge in [0.1, 0.15) is 23.1 Å². The minimum absolute atomic E-state index is 0.274. The van der Waals surface area contributed by atoms with E-state index in [0.717, 1.165) is 12.4 Å². The van der Waals surface area contributed by atoms with Crippen LogP contribution in [0, 0.1) is 28.8 Å². The zero-order chi connectivity index (χ0) is 16.0. The monoisotopic (exact) mass is 310 g/mol. The molecule has 0 unspecified atom stereocenters. The van der Waals surface area contributed by atoms with E-state index in [1.807, 2.05) is 0 Å². The molecule has 22 heavy (non-hydrogen) atoms. The van der Waals surface area contributed by atoms with Crippen LogP contribution in [0.25, 0.3) is 22.6 Å². The highest BCUT2D eigenvalue weighted by atomic mass is 19.1. The van der Waals surface area contributed by atoms with Crippen molar-refractivity contribution in [3.05, 3.63) is 53.3 Å². The number of nitrogens with zero attached hydrogens (tertiary/aromatic N) is 3. The largest absolute Gasteiger partial charge is 0.427 e. The normalized spacial score (nSPS) is 11.1. The van der Waals surface area contributed by atoms with Crippen molar-refractivity contribution in [2.75, 3.05) is 0 Å². The lowest BCUT2D eigenvalue weighted by molar-refractivity contribution is 0.184. The number of pyridine rings is 1. The van der Waals surface area contributed by atoms with Crippen LogP contribution in [0.3, 0.4) is 0 Å². The van der Waals surface area contributed by atoms with Crippen LogP contribution in [0.4, 0.5) is 17.6 Å². The minimum Gasteiger partial charge on any atom is -0.427 e. The van der Waals surface area contributed by atoms with Gasteiger partial charge in [-0.2, -0.15) is 14.1 Å². The quantitative estimate of drug-likeness (QED) is 0.411. The van der Waals surface area contributed by atoms with E-state index in [1.165, 1.54) is 0 Å². The summed E-state index contributed by atoms with van der Waals surface area (Å²) < 4.78 is 55.1. The summed E-state index contributed by atoms with van der Waals surface area (Å²) in [6.45, 7) is 0. The number of halogens is 4. The third-order valence-corrected chi connectivity index (χ3v) is 2.99. The molecule has 0 amide bonds. The highest BCUT2D eigenvalue weighted by Crippen LogP contribution is 2.28. The molecule has 1 aromatic carbocycles. The van der Waals surface area contributed by atoms with E-state index in [4.69, 9.17) is 5.41 Å². The van der Waals surface area contributed by atoms with Gasteiger partial charge in [-0.25, -0.2) is 18.2 Å². The molecular weight excluding hydrogens is 304 g/mol. The molecule has 1 aromatic rings. The lowest BCUT2D eigenvalue weighted by Crippen LogP contribution is -2.20. The molecule has 9 heteroatoms. The second-order valence-corrected chi connectivity index (χ2v) is 4.34. The molecular formula is C13H6F4N4O. The van der Waals surface area contributed by atoms with E-state index >= 15 is 0 Å². The van der Waals surface area contributed by atoms with Gasteiger partial charge in [0, 0.05) is 18.3 Å². The van der Waals surface area contributed by atoms with Crippen molar-refractivity contribution in [2.45, 2.75) is 0 Å². The Bertz CT molecular complexity index is 902. The van der Waals surface area contributed by atoms with Gasteiger partial charge in [0.05, 0.1) is 22.7 Å². The van der Waals surface area contributed by atoms with Crippen molar-refractivity contribution in [1.29, 1.82) is 5.41 Å². The predicted molar refractivity (Wildman–Crippen MR) is 65.0 cm³/mol. The van der Waals surface area contributed by atoms with Crippen molar-refractivity contribution < 1.29 is 22.8 Å². The second-order valence-electron chi connectivity index (χ2n) is 4.34. The molecule has 5 nitrogen and oxygen atoms in total. The fourth-order valence-electron chi connectivity index (χ4n) is 2.07. The number of rotatable bonds is 1. The summed E-state index contributed by atoms with van der Waals surface area (Å²) in [6.07, 6.45) is 2.15. The number of nitrogens with one attached hydrogen (secondary N) is 1. The molecule has 0 spiro atoms. The first kappa shape index (κ1) is 14.0. The Kier molecular flexibility index (Phi) is 3.05. The molecule has 0 fully saturated rings. The zero-order valence-electron chi connectivity index (χ0n) is 10.6. The molecule has 2 aliphatic rings. The van der Waals surface area contributed by atoms with Crippen LogP contribution in [-0.2, 0) is 0 Å². The summed E-state index contributed by atoms with van der Waals surface area (Å²) in [5.74, 6) is -5.71. The molecule has 2 aliphatic heterocycles. The Morgan fingerprint density at radius 1 is 1.05 bits per heavy atom. The van der Waals surface area contributed by atoms with Gasteiger partial charge in [0.25, 0.3) is 0 Å². The summed E-state index contributed by atoms with van der Waals surface area (Å²) in [5, 5.41) is 16.7. The number of hydrogen-bond donors (Lipinski definition) is 2. The fraction of sp³-hybridized carbons (Fsp3) is 0. The van der Waals surface area contributed by atoms with Gasteiger partial charge in [0.15, 0.2) is 5.82 Å². The van der Waals surface area contributed by atoms with Crippen LogP contribution < -0.4 is 5.36 Å². The maximum absolute atomic E-state index is 14.1. The fourth-order valence-corrected chi connectivity index (χ4v) is 2.07. The van der Waals surface area contributed by atoms with Crippen molar-refractivity contribution in [1.82, 2.24) is 14.7 Å². The van der Waals surface area contributed by atoms with E-state index in [2.05, 4.69) is 9.97 Å². The van der Waals surface area contributed by atoms with E-state index in [-0.39, 0.29) is 5.69 Å². The van der Waals surface area contributed by atoms with Crippen molar-refractivity contribution in [2.24, 2.45) is 0 Å². The molecule has 0 atom stereocenters.